The molecule has 0 fully saturated rings. The molecule has 0 aliphatic heterocycles. The Morgan fingerprint density at radius 3 is 1.07 bits per heavy atom. The van der Waals surface area contributed by atoms with E-state index in [1.165, 1.54) is 11.1 Å². The molecule has 3 nitrogen and oxygen atoms in total. The molecule has 0 aromatic carbocycles. The zero-order valence-corrected chi connectivity index (χ0v) is 10.7. The van der Waals surface area contributed by atoms with Gasteiger partial charge in [-0.25, -0.2) is 0 Å². The van der Waals surface area contributed by atoms with Crippen molar-refractivity contribution in [1.29, 1.82) is 0 Å². The van der Waals surface area contributed by atoms with Gasteiger partial charge >= 0.3 is 0 Å². The molecule has 0 radical (unpaired) electrons. The molecule has 0 saturated carbocycles. The molecule has 0 aliphatic carbocycles. The van der Waals surface area contributed by atoms with Gasteiger partial charge in [0, 0.05) is 5.41 Å². The second-order valence-electron chi connectivity index (χ2n) is 4.33. The minimum absolute atomic E-state index is 0.156. The van der Waals surface area contributed by atoms with Crippen molar-refractivity contribution in [2.45, 2.75) is 41.0 Å². The van der Waals surface area contributed by atoms with Gasteiger partial charge in [-0.2, -0.15) is 0 Å². The molecule has 0 unspecified atom stereocenters. The predicted molar refractivity (Wildman–Crippen MR) is 63.7 cm³/mol. The van der Waals surface area contributed by atoms with Crippen molar-refractivity contribution in [3.63, 3.8) is 0 Å². The van der Waals surface area contributed by atoms with Crippen molar-refractivity contribution in [2.24, 2.45) is 5.41 Å². The van der Waals surface area contributed by atoms with Crippen LogP contribution < -0.4 is 0 Å². The van der Waals surface area contributed by atoms with Gasteiger partial charge in [-0.1, -0.05) is 18.1 Å². The Morgan fingerprint density at radius 2 is 1.07 bits per heavy atom. The second-order valence-corrected chi connectivity index (χ2v) is 4.33. The molecule has 0 saturated heterocycles. The van der Waals surface area contributed by atoms with Gasteiger partial charge in [-0.3, -0.25) is 0 Å². The maximum atomic E-state index is 8.66. The summed E-state index contributed by atoms with van der Waals surface area (Å²) in [6.07, 6.45) is 0.594. The lowest BCUT2D eigenvalue weighted by atomic mass is 9.88. The first kappa shape index (κ1) is 17.0. The molecule has 3 heteroatoms. The number of aliphatic hydroxyl groups is 3. The highest BCUT2D eigenvalue weighted by atomic mass is 16.3. The first-order valence-electron chi connectivity index (χ1n) is 5.32. The highest BCUT2D eigenvalue weighted by Crippen LogP contribution is 2.18. The van der Waals surface area contributed by atoms with Crippen LogP contribution in [-0.4, -0.2) is 35.1 Å². The molecule has 0 rings (SSSR count). The molecule has 92 valence electrons. The molecule has 0 aromatic rings. The van der Waals surface area contributed by atoms with E-state index >= 15 is 0 Å². The Morgan fingerprint density at radius 1 is 0.800 bits per heavy atom. The standard InChI is InChI=1S/C6H14O3.C6H12/c1-2-6(3-7,4-8)5-9;1-5(2)6(3)4/h7-9H,2-5H2,1H3;1-4H3. The van der Waals surface area contributed by atoms with Gasteiger partial charge in [-0.05, 0) is 34.1 Å². The zero-order valence-electron chi connectivity index (χ0n) is 10.7. The third-order valence-electron chi connectivity index (χ3n) is 2.76. The topological polar surface area (TPSA) is 60.7 Å². The number of allylic oxidation sites excluding steroid dienone is 2. The summed E-state index contributed by atoms with van der Waals surface area (Å²) in [6, 6.07) is 0. The van der Waals surface area contributed by atoms with Crippen LogP contribution in [0.25, 0.3) is 0 Å². The van der Waals surface area contributed by atoms with Gasteiger partial charge in [0.25, 0.3) is 0 Å². The van der Waals surface area contributed by atoms with Crippen molar-refractivity contribution < 1.29 is 15.3 Å². The van der Waals surface area contributed by atoms with Gasteiger partial charge in [-0.15, -0.1) is 0 Å². The molecule has 0 atom stereocenters. The van der Waals surface area contributed by atoms with E-state index in [1.807, 2.05) is 6.92 Å². The monoisotopic (exact) mass is 218 g/mol. The van der Waals surface area contributed by atoms with Crippen molar-refractivity contribution in [2.75, 3.05) is 19.8 Å². The van der Waals surface area contributed by atoms with E-state index in [-0.39, 0.29) is 19.8 Å². The highest BCUT2D eigenvalue weighted by molar-refractivity contribution is 5.02. The second kappa shape index (κ2) is 8.89. The van der Waals surface area contributed by atoms with Gasteiger partial charge in [0.05, 0.1) is 19.8 Å². The zero-order chi connectivity index (χ0) is 12.5. The van der Waals surface area contributed by atoms with Gasteiger partial charge < -0.3 is 15.3 Å². The molecule has 0 spiro atoms. The van der Waals surface area contributed by atoms with Crippen molar-refractivity contribution in [1.82, 2.24) is 0 Å². The maximum Gasteiger partial charge on any atom is 0.0531 e. The van der Waals surface area contributed by atoms with Crippen LogP contribution in [0.1, 0.15) is 41.0 Å². The average molecular weight is 218 g/mol. The number of aliphatic hydroxyl groups excluding tert-OH is 3. The van der Waals surface area contributed by atoms with Crippen LogP contribution in [0.15, 0.2) is 11.1 Å². The van der Waals surface area contributed by atoms with Crippen molar-refractivity contribution in [3.05, 3.63) is 11.1 Å². The highest BCUT2D eigenvalue weighted by Gasteiger charge is 2.24. The molecule has 0 amide bonds. The lowest BCUT2D eigenvalue weighted by molar-refractivity contribution is 0.00304. The largest absolute Gasteiger partial charge is 0.396 e. The van der Waals surface area contributed by atoms with E-state index in [1.54, 1.807) is 0 Å². The molecule has 0 heterocycles. The fourth-order valence-corrected chi connectivity index (χ4v) is 0.485. The molecular formula is C12H26O3. The average Bonchev–Trinajstić information content (AvgIpc) is 2.23. The third kappa shape index (κ3) is 7.54. The SMILES string of the molecule is CC(C)=C(C)C.CCC(CO)(CO)CO. The Hall–Kier alpha value is -0.380. The van der Waals surface area contributed by atoms with E-state index in [0.717, 1.165) is 0 Å². The minimum Gasteiger partial charge on any atom is -0.396 e. The van der Waals surface area contributed by atoms with Crippen LogP contribution in [-0.2, 0) is 0 Å². The molecule has 3 N–H and O–H groups in total. The number of hydrogen-bond acceptors (Lipinski definition) is 3. The molecular weight excluding hydrogens is 192 g/mol. The van der Waals surface area contributed by atoms with Crippen LogP contribution >= 0.6 is 0 Å². The van der Waals surface area contributed by atoms with E-state index < -0.39 is 5.41 Å². The van der Waals surface area contributed by atoms with E-state index in [2.05, 4.69) is 27.7 Å². The summed E-state index contributed by atoms with van der Waals surface area (Å²) in [4.78, 5) is 0. The lowest BCUT2D eigenvalue weighted by Gasteiger charge is -2.24. The number of hydrogen-bond donors (Lipinski definition) is 3. The third-order valence-corrected chi connectivity index (χ3v) is 2.76. The Balaban J connectivity index is 0. The summed E-state index contributed by atoms with van der Waals surface area (Å²) >= 11 is 0. The Kier molecular flexibility index (Phi) is 10.1. The molecule has 0 aliphatic rings. The van der Waals surface area contributed by atoms with E-state index in [0.29, 0.717) is 6.42 Å². The smallest absolute Gasteiger partial charge is 0.0531 e. The van der Waals surface area contributed by atoms with Gasteiger partial charge in [0.15, 0.2) is 0 Å². The minimum atomic E-state index is -0.667. The summed E-state index contributed by atoms with van der Waals surface area (Å²) in [5.74, 6) is 0. The molecule has 0 bridgehead atoms. The normalized spacial score (nSPS) is 10.4. The van der Waals surface area contributed by atoms with Crippen LogP contribution in [0.3, 0.4) is 0 Å². The Bertz CT molecular complexity index is 146. The van der Waals surface area contributed by atoms with Crippen molar-refractivity contribution in [3.8, 4) is 0 Å². The molecule has 15 heavy (non-hydrogen) atoms. The maximum absolute atomic E-state index is 8.66. The van der Waals surface area contributed by atoms with Crippen LogP contribution in [0.4, 0.5) is 0 Å². The van der Waals surface area contributed by atoms with Gasteiger partial charge in [0.1, 0.15) is 0 Å². The van der Waals surface area contributed by atoms with E-state index in [9.17, 15) is 0 Å². The summed E-state index contributed by atoms with van der Waals surface area (Å²) in [6.45, 7) is 9.83. The molecule has 0 aromatic heterocycles. The number of rotatable bonds is 4. The quantitative estimate of drug-likeness (QED) is 0.630. The van der Waals surface area contributed by atoms with Crippen molar-refractivity contribution >= 4 is 0 Å². The summed E-state index contributed by atoms with van der Waals surface area (Å²) in [5, 5.41) is 26.0. The van der Waals surface area contributed by atoms with Crippen LogP contribution in [0, 0.1) is 5.41 Å². The van der Waals surface area contributed by atoms with Gasteiger partial charge in [0.2, 0.25) is 0 Å². The summed E-state index contributed by atoms with van der Waals surface area (Å²) < 4.78 is 0. The van der Waals surface area contributed by atoms with Crippen LogP contribution in [0.2, 0.25) is 0 Å². The fourth-order valence-electron chi connectivity index (χ4n) is 0.485. The van der Waals surface area contributed by atoms with E-state index in [4.69, 9.17) is 15.3 Å². The Labute approximate surface area is 93.5 Å². The fraction of sp³-hybridized carbons (Fsp3) is 0.833. The predicted octanol–water partition coefficient (Wildman–Crippen LogP) is 1.72. The first-order chi connectivity index (χ1) is 6.89. The first-order valence-corrected chi connectivity index (χ1v) is 5.32. The lowest BCUT2D eigenvalue weighted by Crippen LogP contribution is -2.32. The van der Waals surface area contributed by atoms with Crippen LogP contribution in [0.5, 0.6) is 0 Å². The summed E-state index contributed by atoms with van der Waals surface area (Å²) in [7, 11) is 0. The summed E-state index contributed by atoms with van der Waals surface area (Å²) in [5.41, 5.74) is 2.19.